The van der Waals surface area contributed by atoms with E-state index in [2.05, 4.69) is 59.6 Å². The Morgan fingerprint density at radius 3 is 2.50 bits per heavy atom. The average Bonchev–Trinajstić information content (AvgIpc) is 2.42. The SMILES string of the molecule is CCNc1cc(Nc2ccc(C)cc2C)nc(SC)n1. The van der Waals surface area contributed by atoms with Crippen molar-refractivity contribution in [1.29, 1.82) is 0 Å². The highest BCUT2D eigenvalue weighted by atomic mass is 32.2. The third-order valence-corrected chi connectivity index (χ3v) is 3.44. The molecule has 0 bridgehead atoms. The van der Waals surface area contributed by atoms with Crippen molar-refractivity contribution in [1.82, 2.24) is 9.97 Å². The Hall–Kier alpha value is -1.75. The predicted molar refractivity (Wildman–Crippen MR) is 87.2 cm³/mol. The first-order valence-corrected chi connectivity index (χ1v) is 7.86. The van der Waals surface area contributed by atoms with E-state index in [0.717, 1.165) is 29.0 Å². The molecule has 0 radical (unpaired) electrons. The van der Waals surface area contributed by atoms with Crippen LogP contribution in [0.1, 0.15) is 18.1 Å². The predicted octanol–water partition coefficient (Wildman–Crippen LogP) is 3.99. The summed E-state index contributed by atoms with van der Waals surface area (Å²) < 4.78 is 0. The molecule has 0 fully saturated rings. The molecule has 4 nitrogen and oxygen atoms in total. The summed E-state index contributed by atoms with van der Waals surface area (Å²) in [6, 6.07) is 8.27. The zero-order valence-electron chi connectivity index (χ0n) is 12.3. The van der Waals surface area contributed by atoms with E-state index in [9.17, 15) is 0 Å². The van der Waals surface area contributed by atoms with Gasteiger partial charge in [-0.25, -0.2) is 9.97 Å². The van der Waals surface area contributed by atoms with E-state index in [-0.39, 0.29) is 0 Å². The summed E-state index contributed by atoms with van der Waals surface area (Å²) >= 11 is 1.54. The van der Waals surface area contributed by atoms with Crippen molar-refractivity contribution in [3.63, 3.8) is 0 Å². The fourth-order valence-electron chi connectivity index (χ4n) is 1.94. The second-order valence-corrected chi connectivity index (χ2v) is 5.37. The Labute approximate surface area is 124 Å². The van der Waals surface area contributed by atoms with Crippen LogP contribution in [0.2, 0.25) is 0 Å². The summed E-state index contributed by atoms with van der Waals surface area (Å²) in [7, 11) is 0. The van der Waals surface area contributed by atoms with E-state index in [1.165, 1.54) is 22.9 Å². The monoisotopic (exact) mass is 288 g/mol. The number of rotatable bonds is 5. The summed E-state index contributed by atoms with van der Waals surface area (Å²) in [6.07, 6.45) is 1.98. The number of aromatic nitrogens is 2. The zero-order valence-corrected chi connectivity index (χ0v) is 13.1. The Morgan fingerprint density at radius 1 is 1.10 bits per heavy atom. The number of hydrogen-bond acceptors (Lipinski definition) is 5. The first-order chi connectivity index (χ1) is 9.62. The lowest BCUT2D eigenvalue weighted by Gasteiger charge is -2.12. The molecule has 0 aliphatic heterocycles. The fraction of sp³-hybridized carbons (Fsp3) is 0.333. The van der Waals surface area contributed by atoms with E-state index >= 15 is 0 Å². The van der Waals surface area contributed by atoms with Gasteiger partial charge in [0, 0.05) is 18.3 Å². The molecule has 1 heterocycles. The quantitative estimate of drug-likeness (QED) is 0.643. The second-order valence-electron chi connectivity index (χ2n) is 4.60. The molecule has 2 N–H and O–H groups in total. The van der Waals surface area contributed by atoms with Crippen molar-refractivity contribution < 1.29 is 0 Å². The summed E-state index contributed by atoms with van der Waals surface area (Å²) in [6.45, 7) is 7.08. The van der Waals surface area contributed by atoms with Gasteiger partial charge in [0.05, 0.1) is 0 Å². The molecule has 0 saturated heterocycles. The van der Waals surface area contributed by atoms with Crippen LogP contribution in [0.4, 0.5) is 17.3 Å². The topological polar surface area (TPSA) is 49.8 Å². The minimum absolute atomic E-state index is 0.760. The molecule has 2 rings (SSSR count). The Bertz CT molecular complexity index is 598. The molecule has 0 saturated carbocycles. The third-order valence-electron chi connectivity index (χ3n) is 2.89. The minimum Gasteiger partial charge on any atom is -0.370 e. The first-order valence-electron chi connectivity index (χ1n) is 6.63. The van der Waals surface area contributed by atoms with Crippen LogP contribution in [0.15, 0.2) is 29.4 Å². The van der Waals surface area contributed by atoms with Gasteiger partial charge >= 0.3 is 0 Å². The number of hydrogen-bond donors (Lipinski definition) is 2. The number of nitrogens with zero attached hydrogens (tertiary/aromatic N) is 2. The number of anilines is 3. The molecule has 0 aliphatic carbocycles. The Balaban J connectivity index is 2.29. The summed E-state index contributed by atoms with van der Waals surface area (Å²) in [4.78, 5) is 8.91. The van der Waals surface area contributed by atoms with Crippen LogP contribution >= 0.6 is 11.8 Å². The van der Waals surface area contributed by atoms with Crippen molar-refractivity contribution in [2.45, 2.75) is 25.9 Å². The molecular formula is C15H20N4S. The van der Waals surface area contributed by atoms with Crippen molar-refractivity contribution in [2.75, 3.05) is 23.4 Å². The van der Waals surface area contributed by atoms with Crippen LogP contribution in [0, 0.1) is 13.8 Å². The van der Waals surface area contributed by atoms with E-state index < -0.39 is 0 Å². The highest BCUT2D eigenvalue weighted by Crippen LogP contribution is 2.23. The smallest absolute Gasteiger partial charge is 0.191 e. The lowest BCUT2D eigenvalue weighted by atomic mass is 10.1. The van der Waals surface area contributed by atoms with Crippen LogP contribution in [0.25, 0.3) is 0 Å². The maximum absolute atomic E-state index is 4.49. The van der Waals surface area contributed by atoms with Gasteiger partial charge in [-0.2, -0.15) is 0 Å². The molecule has 0 atom stereocenters. The molecule has 2 aromatic rings. The van der Waals surface area contributed by atoms with E-state index in [1.54, 1.807) is 0 Å². The molecule has 20 heavy (non-hydrogen) atoms. The molecule has 1 aromatic carbocycles. The molecular weight excluding hydrogens is 268 g/mol. The number of benzene rings is 1. The Kier molecular flexibility index (Phi) is 4.84. The van der Waals surface area contributed by atoms with Crippen LogP contribution in [0.5, 0.6) is 0 Å². The van der Waals surface area contributed by atoms with Gasteiger partial charge in [-0.15, -0.1) is 0 Å². The molecule has 5 heteroatoms. The van der Waals surface area contributed by atoms with E-state index in [0.29, 0.717) is 0 Å². The van der Waals surface area contributed by atoms with Crippen molar-refractivity contribution in [3.8, 4) is 0 Å². The second kappa shape index (κ2) is 6.61. The standard InChI is InChI=1S/C15H20N4S/c1-5-16-13-9-14(19-15(18-13)20-4)17-12-7-6-10(2)8-11(12)3/h6-9H,5H2,1-4H3,(H2,16,17,18,19). The van der Waals surface area contributed by atoms with Gasteiger partial charge in [0.25, 0.3) is 0 Å². The highest BCUT2D eigenvalue weighted by molar-refractivity contribution is 7.98. The van der Waals surface area contributed by atoms with Crippen LogP contribution < -0.4 is 10.6 Å². The summed E-state index contributed by atoms with van der Waals surface area (Å²) in [5.74, 6) is 1.66. The van der Waals surface area contributed by atoms with Gasteiger partial charge in [-0.1, -0.05) is 29.5 Å². The molecule has 0 amide bonds. The maximum atomic E-state index is 4.49. The fourth-order valence-corrected chi connectivity index (χ4v) is 2.32. The minimum atomic E-state index is 0.760. The number of thioether (sulfide) groups is 1. The lowest BCUT2D eigenvalue weighted by molar-refractivity contribution is 0.967. The first kappa shape index (κ1) is 14.7. The average molecular weight is 288 g/mol. The molecule has 0 aliphatic rings. The lowest BCUT2D eigenvalue weighted by Crippen LogP contribution is -2.04. The number of nitrogens with one attached hydrogen (secondary N) is 2. The molecule has 0 spiro atoms. The van der Waals surface area contributed by atoms with E-state index in [1.807, 2.05) is 12.3 Å². The van der Waals surface area contributed by atoms with Gasteiger partial charge in [-0.3, -0.25) is 0 Å². The van der Waals surface area contributed by atoms with Crippen LogP contribution in [-0.2, 0) is 0 Å². The van der Waals surface area contributed by atoms with Crippen LogP contribution in [0.3, 0.4) is 0 Å². The van der Waals surface area contributed by atoms with Gasteiger partial charge < -0.3 is 10.6 Å². The van der Waals surface area contributed by atoms with Gasteiger partial charge in [0.2, 0.25) is 0 Å². The normalized spacial score (nSPS) is 10.4. The molecule has 0 unspecified atom stereocenters. The maximum Gasteiger partial charge on any atom is 0.191 e. The third kappa shape index (κ3) is 3.63. The number of aryl methyl sites for hydroxylation is 2. The zero-order chi connectivity index (χ0) is 14.5. The highest BCUT2D eigenvalue weighted by Gasteiger charge is 2.05. The van der Waals surface area contributed by atoms with Crippen LogP contribution in [-0.4, -0.2) is 22.8 Å². The molecule has 1 aromatic heterocycles. The summed E-state index contributed by atoms with van der Waals surface area (Å²) in [5.41, 5.74) is 3.54. The van der Waals surface area contributed by atoms with Gasteiger partial charge in [0.1, 0.15) is 11.6 Å². The summed E-state index contributed by atoms with van der Waals surface area (Å²) in [5, 5.41) is 7.36. The van der Waals surface area contributed by atoms with Gasteiger partial charge in [-0.05, 0) is 38.7 Å². The molecule has 106 valence electrons. The van der Waals surface area contributed by atoms with Crippen molar-refractivity contribution >= 4 is 29.1 Å². The van der Waals surface area contributed by atoms with Crippen molar-refractivity contribution in [2.24, 2.45) is 0 Å². The Morgan fingerprint density at radius 2 is 1.85 bits per heavy atom. The largest absolute Gasteiger partial charge is 0.370 e. The van der Waals surface area contributed by atoms with Gasteiger partial charge in [0.15, 0.2) is 5.16 Å². The van der Waals surface area contributed by atoms with E-state index in [4.69, 9.17) is 0 Å². The van der Waals surface area contributed by atoms with Crippen molar-refractivity contribution in [3.05, 3.63) is 35.4 Å².